The molecule has 1 rings (SSSR count). The quantitative estimate of drug-likeness (QED) is 0.649. The Morgan fingerprint density at radius 3 is 2.23 bits per heavy atom. The summed E-state index contributed by atoms with van der Waals surface area (Å²) in [6, 6.07) is -0.686. The van der Waals surface area contributed by atoms with Gasteiger partial charge in [-0.15, -0.1) is 0 Å². The van der Waals surface area contributed by atoms with Gasteiger partial charge < -0.3 is 20.5 Å². The summed E-state index contributed by atoms with van der Waals surface area (Å²) in [7, 11) is 1.55. The molecular weight excluding hydrogens is 284 g/mol. The Balaban J connectivity index is 2.50. The Bertz CT molecular complexity index is 365. The van der Waals surface area contributed by atoms with Gasteiger partial charge in [-0.05, 0) is 38.5 Å². The van der Waals surface area contributed by atoms with Gasteiger partial charge in [0.05, 0.1) is 12.2 Å². The molecule has 1 fully saturated rings. The molecule has 6 heteroatoms. The van der Waals surface area contributed by atoms with E-state index in [9.17, 15) is 14.7 Å². The Hall–Kier alpha value is -1.14. The van der Waals surface area contributed by atoms with Crippen LogP contribution >= 0.6 is 0 Å². The van der Waals surface area contributed by atoms with Gasteiger partial charge in [0, 0.05) is 19.6 Å². The first-order chi connectivity index (χ1) is 10.3. The normalized spacial score (nSPS) is 24.6. The number of aliphatic hydroxyl groups is 1. The SMILES string of the molecule is CNC(=O)C(NC(=O)C(C)C)C(C)OCC1CCC(O)CC1. The zero-order valence-electron chi connectivity index (χ0n) is 14.1. The Kier molecular flexibility index (Phi) is 7.82. The van der Waals surface area contributed by atoms with Crippen LogP contribution in [-0.4, -0.2) is 48.8 Å². The van der Waals surface area contributed by atoms with Crippen molar-refractivity contribution in [2.24, 2.45) is 11.8 Å². The summed E-state index contributed by atoms with van der Waals surface area (Å²) in [6.45, 7) is 5.93. The molecule has 0 bridgehead atoms. The zero-order valence-corrected chi connectivity index (χ0v) is 14.1. The zero-order chi connectivity index (χ0) is 16.7. The molecule has 1 aliphatic carbocycles. The summed E-state index contributed by atoms with van der Waals surface area (Å²) in [5, 5.41) is 14.8. The van der Waals surface area contributed by atoms with Crippen LogP contribution in [0, 0.1) is 11.8 Å². The van der Waals surface area contributed by atoms with E-state index in [0.717, 1.165) is 25.7 Å². The van der Waals surface area contributed by atoms with E-state index in [1.54, 1.807) is 27.8 Å². The van der Waals surface area contributed by atoms with Gasteiger partial charge in [-0.1, -0.05) is 13.8 Å². The fraction of sp³-hybridized carbons (Fsp3) is 0.875. The van der Waals surface area contributed by atoms with E-state index in [-0.39, 0.29) is 23.8 Å². The van der Waals surface area contributed by atoms with Gasteiger partial charge in [0.25, 0.3) is 0 Å². The van der Waals surface area contributed by atoms with Crippen LogP contribution in [0.3, 0.4) is 0 Å². The van der Waals surface area contributed by atoms with E-state index in [4.69, 9.17) is 4.74 Å². The predicted octanol–water partition coefficient (Wildman–Crippen LogP) is 0.829. The number of amides is 2. The number of ether oxygens (including phenoxy) is 1. The van der Waals surface area contributed by atoms with E-state index >= 15 is 0 Å². The van der Waals surface area contributed by atoms with Crippen LogP contribution < -0.4 is 10.6 Å². The lowest BCUT2D eigenvalue weighted by atomic mass is 9.88. The second-order valence-corrected chi connectivity index (χ2v) is 6.47. The largest absolute Gasteiger partial charge is 0.393 e. The van der Waals surface area contributed by atoms with Crippen LogP contribution in [-0.2, 0) is 14.3 Å². The second-order valence-electron chi connectivity index (χ2n) is 6.47. The molecular formula is C16H30N2O4. The standard InChI is InChI=1S/C16H30N2O4/c1-10(2)15(20)18-14(16(21)17-4)11(3)22-9-12-5-7-13(19)8-6-12/h10-14,19H,5-9H2,1-4H3,(H,17,21)(H,18,20). The maximum atomic E-state index is 12.0. The van der Waals surface area contributed by atoms with Crippen molar-refractivity contribution in [2.75, 3.05) is 13.7 Å². The van der Waals surface area contributed by atoms with Crippen molar-refractivity contribution < 1.29 is 19.4 Å². The van der Waals surface area contributed by atoms with Crippen LogP contribution in [0.15, 0.2) is 0 Å². The average molecular weight is 314 g/mol. The highest BCUT2D eigenvalue weighted by molar-refractivity contribution is 5.88. The van der Waals surface area contributed by atoms with Crippen LogP contribution in [0.4, 0.5) is 0 Å². The first-order valence-electron chi connectivity index (χ1n) is 8.16. The summed E-state index contributed by atoms with van der Waals surface area (Å²) < 4.78 is 5.83. The summed E-state index contributed by atoms with van der Waals surface area (Å²) in [5.74, 6) is -0.179. The van der Waals surface area contributed by atoms with E-state index < -0.39 is 12.1 Å². The minimum absolute atomic E-state index is 0.162. The number of likely N-dealkylation sites (N-methyl/N-ethyl adjacent to an activating group) is 1. The first kappa shape index (κ1) is 18.9. The summed E-state index contributed by atoms with van der Waals surface area (Å²) in [6.07, 6.45) is 2.93. The highest BCUT2D eigenvalue weighted by atomic mass is 16.5. The molecule has 3 N–H and O–H groups in total. The fourth-order valence-electron chi connectivity index (χ4n) is 2.57. The van der Waals surface area contributed by atoms with Crippen molar-refractivity contribution >= 4 is 11.8 Å². The van der Waals surface area contributed by atoms with E-state index in [1.807, 2.05) is 0 Å². The molecule has 0 aromatic carbocycles. The van der Waals surface area contributed by atoms with Gasteiger partial charge in [0.1, 0.15) is 6.04 Å². The van der Waals surface area contributed by atoms with Crippen molar-refractivity contribution in [1.29, 1.82) is 0 Å². The molecule has 2 amide bonds. The third kappa shape index (κ3) is 5.93. The average Bonchev–Trinajstić information content (AvgIpc) is 2.50. The van der Waals surface area contributed by atoms with Gasteiger partial charge in [-0.3, -0.25) is 9.59 Å². The summed E-state index contributed by atoms with van der Waals surface area (Å²) in [4.78, 5) is 23.8. The molecule has 0 saturated heterocycles. The van der Waals surface area contributed by atoms with Gasteiger partial charge in [0.2, 0.25) is 11.8 Å². The molecule has 128 valence electrons. The molecule has 2 unspecified atom stereocenters. The van der Waals surface area contributed by atoms with Crippen molar-refractivity contribution in [3.63, 3.8) is 0 Å². The van der Waals surface area contributed by atoms with Crippen molar-refractivity contribution in [1.82, 2.24) is 10.6 Å². The Morgan fingerprint density at radius 1 is 1.14 bits per heavy atom. The lowest BCUT2D eigenvalue weighted by molar-refractivity contribution is -0.134. The number of hydrogen-bond donors (Lipinski definition) is 3. The predicted molar refractivity (Wildman–Crippen MR) is 84.2 cm³/mol. The number of rotatable bonds is 7. The van der Waals surface area contributed by atoms with E-state index in [1.165, 1.54) is 0 Å². The van der Waals surface area contributed by atoms with Gasteiger partial charge in [0.15, 0.2) is 0 Å². The lowest BCUT2D eigenvalue weighted by Gasteiger charge is -2.29. The molecule has 0 spiro atoms. The summed E-state index contributed by atoms with van der Waals surface area (Å²) >= 11 is 0. The minimum atomic E-state index is -0.686. The topological polar surface area (TPSA) is 87.7 Å². The van der Waals surface area contributed by atoms with Crippen molar-refractivity contribution in [3.8, 4) is 0 Å². The molecule has 6 nitrogen and oxygen atoms in total. The van der Waals surface area contributed by atoms with Gasteiger partial charge in [-0.25, -0.2) is 0 Å². The maximum absolute atomic E-state index is 12.0. The fourth-order valence-corrected chi connectivity index (χ4v) is 2.57. The van der Waals surface area contributed by atoms with Crippen LogP contribution in [0.25, 0.3) is 0 Å². The minimum Gasteiger partial charge on any atom is -0.393 e. The van der Waals surface area contributed by atoms with Crippen molar-refractivity contribution in [2.45, 2.75) is 64.7 Å². The molecule has 1 saturated carbocycles. The molecule has 0 aromatic rings. The number of hydrogen-bond acceptors (Lipinski definition) is 4. The third-order valence-electron chi connectivity index (χ3n) is 4.23. The molecule has 2 atom stereocenters. The van der Waals surface area contributed by atoms with Crippen molar-refractivity contribution in [3.05, 3.63) is 0 Å². The number of carbonyl (C=O) groups excluding carboxylic acids is 2. The number of carbonyl (C=O) groups is 2. The van der Waals surface area contributed by atoms with Crippen LogP contribution in [0.5, 0.6) is 0 Å². The number of nitrogens with one attached hydrogen (secondary N) is 2. The Labute approximate surface area is 133 Å². The molecule has 22 heavy (non-hydrogen) atoms. The maximum Gasteiger partial charge on any atom is 0.245 e. The highest BCUT2D eigenvalue weighted by Gasteiger charge is 2.29. The molecule has 0 heterocycles. The van der Waals surface area contributed by atoms with E-state index in [2.05, 4.69) is 10.6 Å². The second kappa shape index (κ2) is 9.10. The Morgan fingerprint density at radius 2 is 1.73 bits per heavy atom. The molecule has 0 aliphatic heterocycles. The molecule has 0 aromatic heterocycles. The smallest absolute Gasteiger partial charge is 0.245 e. The number of aliphatic hydroxyl groups excluding tert-OH is 1. The molecule has 1 aliphatic rings. The van der Waals surface area contributed by atoms with Gasteiger partial charge >= 0.3 is 0 Å². The van der Waals surface area contributed by atoms with E-state index in [0.29, 0.717) is 12.5 Å². The van der Waals surface area contributed by atoms with Crippen LogP contribution in [0.1, 0.15) is 46.5 Å². The third-order valence-corrected chi connectivity index (χ3v) is 4.23. The van der Waals surface area contributed by atoms with Crippen LogP contribution in [0.2, 0.25) is 0 Å². The summed E-state index contributed by atoms with van der Waals surface area (Å²) in [5.41, 5.74) is 0. The van der Waals surface area contributed by atoms with Gasteiger partial charge in [-0.2, -0.15) is 0 Å². The molecule has 0 radical (unpaired) electrons. The first-order valence-corrected chi connectivity index (χ1v) is 8.16. The lowest BCUT2D eigenvalue weighted by Crippen LogP contribution is -2.53. The monoisotopic (exact) mass is 314 g/mol. The highest BCUT2D eigenvalue weighted by Crippen LogP contribution is 2.24.